The van der Waals surface area contributed by atoms with E-state index in [4.69, 9.17) is 5.11 Å². The smallest absolute Gasteiger partial charge is 0.328 e. The summed E-state index contributed by atoms with van der Waals surface area (Å²) >= 11 is 0. The molecule has 6 heteroatoms. The molecule has 18 heavy (non-hydrogen) atoms. The van der Waals surface area contributed by atoms with Gasteiger partial charge < -0.3 is 15.3 Å². The van der Waals surface area contributed by atoms with Gasteiger partial charge in [0.05, 0.1) is 6.54 Å². The van der Waals surface area contributed by atoms with Gasteiger partial charge in [-0.15, -0.1) is 0 Å². The van der Waals surface area contributed by atoms with Crippen LogP contribution in [0.25, 0.3) is 0 Å². The Morgan fingerprint density at radius 2 is 1.83 bits per heavy atom. The second-order valence-corrected chi connectivity index (χ2v) is 3.78. The predicted molar refractivity (Wildman–Crippen MR) is 66.9 cm³/mol. The average molecular weight is 256 g/mol. The zero-order valence-corrected chi connectivity index (χ0v) is 10.8. The van der Waals surface area contributed by atoms with Gasteiger partial charge in [0.15, 0.2) is 0 Å². The molecule has 0 heterocycles. The first-order valence-electron chi connectivity index (χ1n) is 5.97. The van der Waals surface area contributed by atoms with E-state index in [1.54, 1.807) is 0 Å². The molecule has 0 unspecified atom stereocenters. The standard InChI is InChI=1S/C12H20N2O4/c1-3-7-13-10(15)9-14(8-4-2)11(16)5-6-12(17)18/h5-6H,3-4,7-9H2,1-2H3,(H,13,15)(H,17,18)/b6-5+. The van der Waals surface area contributed by atoms with E-state index in [2.05, 4.69) is 5.32 Å². The predicted octanol–water partition coefficient (Wildman–Crippen LogP) is 0.392. The van der Waals surface area contributed by atoms with E-state index >= 15 is 0 Å². The first-order valence-corrected chi connectivity index (χ1v) is 5.97. The molecule has 0 spiro atoms. The SMILES string of the molecule is CCCNC(=O)CN(CCC)C(=O)/C=C/C(=O)O. The van der Waals surface area contributed by atoms with Crippen molar-refractivity contribution in [1.29, 1.82) is 0 Å². The lowest BCUT2D eigenvalue weighted by Crippen LogP contribution is -2.40. The number of carbonyl (C=O) groups excluding carboxylic acids is 2. The van der Waals surface area contributed by atoms with Crippen molar-refractivity contribution in [3.63, 3.8) is 0 Å². The molecule has 0 aromatic heterocycles. The summed E-state index contributed by atoms with van der Waals surface area (Å²) in [7, 11) is 0. The maximum atomic E-state index is 11.6. The molecule has 2 amide bonds. The molecule has 0 aliphatic rings. The van der Waals surface area contributed by atoms with Crippen molar-refractivity contribution in [3.05, 3.63) is 12.2 Å². The normalized spacial score (nSPS) is 10.3. The zero-order valence-electron chi connectivity index (χ0n) is 10.8. The highest BCUT2D eigenvalue weighted by Gasteiger charge is 2.13. The summed E-state index contributed by atoms with van der Waals surface area (Å²) in [5.41, 5.74) is 0. The summed E-state index contributed by atoms with van der Waals surface area (Å²) in [5, 5.41) is 11.1. The third-order valence-corrected chi connectivity index (χ3v) is 2.08. The lowest BCUT2D eigenvalue weighted by Gasteiger charge is -2.19. The fraction of sp³-hybridized carbons (Fsp3) is 0.583. The Morgan fingerprint density at radius 1 is 1.17 bits per heavy atom. The average Bonchev–Trinajstić information content (AvgIpc) is 2.32. The van der Waals surface area contributed by atoms with Crippen molar-refractivity contribution in [2.24, 2.45) is 0 Å². The molecule has 0 radical (unpaired) electrons. The number of nitrogens with zero attached hydrogens (tertiary/aromatic N) is 1. The Balaban J connectivity index is 4.41. The number of nitrogens with one attached hydrogen (secondary N) is 1. The lowest BCUT2D eigenvalue weighted by atomic mass is 10.3. The van der Waals surface area contributed by atoms with Gasteiger partial charge in [0.2, 0.25) is 11.8 Å². The minimum atomic E-state index is -1.18. The summed E-state index contributed by atoms with van der Waals surface area (Å²) in [5.74, 6) is -1.89. The van der Waals surface area contributed by atoms with Gasteiger partial charge in [-0.05, 0) is 12.8 Å². The fourth-order valence-electron chi connectivity index (χ4n) is 1.28. The summed E-state index contributed by atoms with van der Waals surface area (Å²) in [6.07, 6.45) is 3.26. The number of carboxylic acids is 1. The minimum absolute atomic E-state index is 0.0450. The van der Waals surface area contributed by atoms with Crippen LogP contribution in [0, 0.1) is 0 Å². The molecule has 0 atom stereocenters. The number of aliphatic carboxylic acids is 1. The van der Waals surface area contributed by atoms with Gasteiger partial charge in [-0.2, -0.15) is 0 Å². The van der Waals surface area contributed by atoms with Crippen molar-refractivity contribution in [1.82, 2.24) is 10.2 Å². The van der Waals surface area contributed by atoms with Crippen LogP contribution in [0.3, 0.4) is 0 Å². The van der Waals surface area contributed by atoms with Gasteiger partial charge in [-0.3, -0.25) is 9.59 Å². The quantitative estimate of drug-likeness (QED) is 0.615. The fourth-order valence-corrected chi connectivity index (χ4v) is 1.28. The second-order valence-electron chi connectivity index (χ2n) is 3.78. The molecular formula is C12H20N2O4. The van der Waals surface area contributed by atoms with Crippen LogP contribution >= 0.6 is 0 Å². The number of rotatable bonds is 8. The molecule has 0 saturated heterocycles. The summed E-state index contributed by atoms with van der Waals surface area (Å²) in [6, 6.07) is 0. The molecule has 0 aromatic rings. The monoisotopic (exact) mass is 256 g/mol. The number of hydrogen-bond acceptors (Lipinski definition) is 3. The first kappa shape index (κ1) is 16.1. The zero-order chi connectivity index (χ0) is 14.0. The van der Waals surface area contributed by atoms with Crippen LogP contribution in [0.4, 0.5) is 0 Å². The van der Waals surface area contributed by atoms with E-state index in [0.29, 0.717) is 19.5 Å². The molecule has 2 N–H and O–H groups in total. The van der Waals surface area contributed by atoms with Gasteiger partial charge in [-0.25, -0.2) is 4.79 Å². The van der Waals surface area contributed by atoms with Crippen LogP contribution in [-0.2, 0) is 14.4 Å². The van der Waals surface area contributed by atoms with Crippen LogP contribution < -0.4 is 5.32 Å². The van der Waals surface area contributed by atoms with Crippen molar-refractivity contribution >= 4 is 17.8 Å². The lowest BCUT2D eigenvalue weighted by molar-refractivity contribution is -0.133. The molecular weight excluding hydrogens is 236 g/mol. The Hall–Kier alpha value is -1.85. The highest BCUT2D eigenvalue weighted by Crippen LogP contribution is 1.95. The molecule has 6 nitrogen and oxygen atoms in total. The third kappa shape index (κ3) is 7.43. The second kappa shape index (κ2) is 9.21. The highest BCUT2D eigenvalue weighted by molar-refractivity contribution is 5.95. The van der Waals surface area contributed by atoms with Gasteiger partial charge in [-0.1, -0.05) is 13.8 Å². The molecule has 0 saturated carbocycles. The number of amides is 2. The van der Waals surface area contributed by atoms with Gasteiger partial charge >= 0.3 is 5.97 Å². The molecule has 0 bridgehead atoms. The highest BCUT2D eigenvalue weighted by atomic mass is 16.4. The maximum Gasteiger partial charge on any atom is 0.328 e. The van der Waals surface area contributed by atoms with Crippen molar-refractivity contribution in [2.75, 3.05) is 19.6 Å². The molecule has 0 fully saturated rings. The molecule has 0 rings (SSSR count). The molecule has 0 aliphatic carbocycles. The Labute approximate surface area is 107 Å². The number of carboxylic acid groups (broad SMARTS) is 1. The van der Waals surface area contributed by atoms with Crippen molar-refractivity contribution in [2.45, 2.75) is 26.7 Å². The van der Waals surface area contributed by atoms with Gasteiger partial charge in [0.1, 0.15) is 0 Å². The van der Waals surface area contributed by atoms with Gasteiger partial charge in [0, 0.05) is 25.2 Å². The van der Waals surface area contributed by atoms with E-state index in [9.17, 15) is 14.4 Å². The van der Waals surface area contributed by atoms with Crippen molar-refractivity contribution < 1.29 is 19.5 Å². The van der Waals surface area contributed by atoms with Crippen LogP contribution in [0.2, 0.25) is 0 Å². The first-order chi connectivity index (χ1) is 8.51. The Kier molecular flexibility index (Phi) is 8.26. The topological polar surface area (TPSA) is 86.7 Å². The number of hydrogen-bond donors (Lipinski definition) is 2. The van der Waals surface area contributed by atoms with Crippen LogP contribution in [-0.4, -0.2) is 47.4 Å². The van der Waals surface area contributed by atoms with Crippen LogP contribution in [0.5, 0.6) is 0 Å². The summed E-state index contributed by atoms with van der Waals surface area (Å²) < 4.78 is 0. The number of carbonyl (C=O) groups is 3. The molecule has 0 aromatic carbocycles. The van der Waals surface area contributed by atoms with Crippen LogP contribution in [0.15, 0.2) is 12.2 Å². The molecule has 0 aliphatic heterocycles. The largest absolute Gasteiger partial charge is 0.478 e. The van der Waals surface area contributed by atoms with E-state index in [1.807, 2.05) is 13.8 Å². The minimum Gasteiger partial charge on any atom is -0.478 e. The van der Waals surface area contributed by atoms with Crippen molar-refractivity contribution in [3.8, 4) is 0 Å². The van der Waals surface area contributed by atoms with E-state index in [-0.39, 0.29) is 12.5 Å². The summed E-state index contributed by atoms with van der Waals surface area (Å²) in [6.45, 7) is 4.76. The molecule has 102 valence electrons. The van der Waals surface area contributed by atoms with E-state index in [1.165, 1.54) is 4.90 Å². The van der Waals surface area contributed by atoms with E-state index in [0.717, 1.165) is 18.6 Å². The summed E-state index contributed by atoms with van der Waals surface area (Å²) in [4.78, 5) is 34.8. The van der Waals surface area contributed by atoms with E-state index < -0.39 is 11.9 Å². The Morgan fingerprint density at radius 3 is 2.33 bits per heavy atom. The maximum absolute atomic E-state index is 11.6. The van der Waals surface area contributed by atoms with Crippen LogP contribution in [0.1, 0.15) is 26.7 Å². The van der Waals surface area contributed by atoms with Gasteiger partial charge in [0.25, 0.3) is 0 Å². The Bertz CT molecular complexity index is 326. The third-order valence-electron chi connectivity index (χ3n) is 2.08.